The Balaban J connectivity index is 1.37. The average Bonchev–Trinajstić information content (AvgIpc) is 3.36. The zero-order valence-corrected chi connectivity index (χ0v) is 27.4. The Kier molecular flexibility index (Phi) is 12.1. The maximum absolute atomic E-state index is 13.4. The van der Waals surface area contributed by atoms with Crippen LogP contribution in [0.25, 0.3) is 11.1 Å². The van der Waals surface area contributed by atoms with Crippen molar-refractivity contribution in [2.75, 3.05) is 19.5 Å². The first-order chi connectivity index (χ1) is 22.1. The molecule has 3 aromatic carbocycles. The van der Waals surface area contributed by atoms with Crippen molar-refractivity contribution >= 4 is 35.6 Å². The van der Waals surface area contributed by atoms with Crippen LogP contribution in [-0.2, 0) is 24.9 Å². The van der Waals surface area contributed by atoms with Crippen LogP contribution in [0.3, 0.4) is 0 Å². The number of thioether (sulfide) groups is 1. The number of carbonyl (C=O) groups is 4. The third-order valence-corrected chi connectivity index (χ3v) is 8.89. The van der Waals surface area contributed by atoms with E-state index < -0.39 is 41.9 Å². The summed E-state index contributed by atoms with van der Waals surface area (Å²) in [5, 5.41) is 8.00. The molecule has 244 valence electrons. The fraction of sp³-hybridized carbons (Fsp3) is 0.371. The van der Waals surface area contributed by atoms with Crippen LogP contribution in [0.2, 0.25) is 0 Å². The Hall–Kier alpha value is -4.51. The fourth-order valence-electron chi connectivity index (χ4n) is 5.46. The quantitative estimate of drug-likeness (QED) is 0.192. The highest BCUT2D eigenvalue weighted by Crippen LogP contribution is 2.44. The number of hydrogen-bond donors (Lipinski definition) is 4. The number of benzene rings is 3. The van der Waals surface area contributed by atoms with Crippen LogP contribution < -0.4 is 26.4 Å². The smallest absolute Gasteiger partial charge is 0.407 e. The lowest BCUT2D eigenvalue weighted by Crippen LogP contribution is -2.57. The lowest BCUT2D eigenvalue weighted by atomic mass is 9.98. The van der Waals surface area contributed by atoms with Crippen molar-refractivity contribution in [3.8, 4) is 16.9 Å². The zero-order chi connectivity index (χ0) is 33.2. The summed E-state index contributed by atoms with van der Waals surface area (Å²) in [6, 6.07) is 20.7. The van der Waals surface area contributed by atoms with Gasteiger partial charge in [0.25, 0.3) is 0 Å². The summed E-state index contributed by atoms with van der Waals surface area (Å²) < 4.78 is 11.0. The van der Waals surface area contributed by atoms with Crippen LogP contribution in [-0.4, -0.2) is 61.4 Å². The maximum atomic E-state index is 13.4. The predicted molar refractivity (Wildman–Crippen MR) is 179 cm³/mol. The number of nitrogens with one attached hydrogen (secondary N) is 3. The second-order valence-electron chi connectivity index (χ2n) is 11.7. The third kappa shape index (κ3) is 8.81. The van der Waals surface area contributed by atoms with Crippen molar-refractivity contribution in [3.63, 3.8) is 0 Å². The fourth-order valence-corrected chi connectivity index (χ4v) is 6.51. The first kappa shape index (κ1) is 34.4. The van der Waals surface area contributed by atoms with Gasteiger partial charge in [0.15, 0.2) is 0 Å². The Morgan fingerprint density at radius 1 is 0.804 bits per heavy atom. The Bertz CT molecular complexity index is 1500. The molecule has 0 saturated heterocycles. The molecule has 1 aliphatic carbocycles. The minimum atomic E-state index is -1.01. The van der Waals surface area contributed by atoms with Gasteiger partial charge >= 0.3 is 6.09 Å². The van der Waals surface area contributed by atoms with Crippen LogP contribution in [0.5, 0.6) is 5.75 Å². The van der Waals surface area contributed by atoms with E-state index in [0.717, 1.165) is 27.8 Å². The molecular weight excluding hydrogens is 604 g/mol. The number of amides is 4. The molecule has 0 fully saturated rings. The average molecular weight is 647 g/mol. The number of alkyl carbamates (subject to hydrolysis) is 1. The standard InChI is InChI=1S/C35H42N4O6S/c1-21(2)17-29(32(36)40)38-34(42)30(20-46-19-23-11-5-10-16-31(23)44-4)39-33(41)22(3)37-35(43)45-18-28-26-14-8-6-12-24(26)25-13-7-9-15-27(25)28/h5-16,21-22,28-30H,17-20H2,1-4H3,(H2,36,40)(H,37,43)(H,38,42)(H,39,41)/t22-,29-,30-/m0/s1. The number of fused-ring (bicyclic) bond motifs is 3. The SMILES string of the molecule is COc1ccccc1CSC[C@H](NC(=O)[C@H](C)NC(=O)OCC1c2ccccc2-c2ccccc21)C(=O)N[C@@H](CC(C)C)C(N)=O. The Morgan fingerprint density at radius 2 is 1.39 bits per heavy atom. The number of carbonyl (C=O) groups excluding carboxylic acids is 4. The van der Waals surface area contributed by atoms with Crippen molar-refractivity contribution < 1.29 is 28.7 Å². The molecule has 0 spiro atoms. The molecule has 0 aromatic heterocycles. The van der Waals surface area contributed by atoms with Gasteiger partial charge in [-0.3, -0.25) is 14.4 Å². The summed E-state index contributed by atoms with van der Waals surface area (Å²) >= 11 is 1.42. The van der Waals surface area contributed by atoms with Gasteiger partial charge < -0.3 is 31.2 Å². The molecule has 0 heterocycles. The van der Waals surface area contributed by atoms with Gasteiger partial charge in [0.1, 0.15) is 30.5 Å². The Morgan fingerprint density at radius 3 is 2.00 bits per heavy atom. The van der Waals surface area contributed by atoms with Crippen LogP contribution in [0.4, 0.5) is 4.79 Å². The number of rotatable bonds is 15. The van der Waals surface area contributed by atoms with E-state index in [1.54, 1.807) is 7.11 Å². The molecule has 46 heavy (non-hydrogen) atoms. The van der Waals surface area contributed by atoms with Gasteiger partial charge in [0.2, 0.25) is 17.7 Å². The molecule has 10 nitrogen and oxygen atoms in total. The van der Waals surface area contributed by atoms with E-state index in [0.29, 0.717) is 17.9 Å². The van der Waals surface area contributed by atoms with Crippen molar-refractivity contribution in [2.24, 2.45) is 11.7 Å². The summed E-state index contributed by atoms with van der Waals surface area (Å²) in [7, 11) is 1.59. The van der Waals surface area contributed by atoms with E-state index in [2.05, 4.69) is 28.1 Å². The normalized spacial score (nSPS) is 13.9. The molecular formula is C35H42N4O6S. The van der Waals surface area contributed by atoms with Gasteiger partial charge in [-0.1, -0.05) is 80.6 Å². The van der Waals surface area contributed by atoms with Gasteiger partial charge in [0.05, 0.1) is 7.11 Å². The van der Waals surface area contributed by atoms with Crippen LogP contribution in [0.1, 0.15) is 49.8 Å². The molecule has 0 unspecified atom stereocenters. The number of hydrogen-bond acceptors (Lipinski definition) is 7. The summed E-state index contributed by atoms with van der Waals surface area (Å²) in [6.45, 7) is 5.45. The van der Waals surface area contributed by atoms with E-state index in [-0.39, 0.29) is 24.2 Å². The molecule has 0 radical (unpaired) electrons. The van der Waals surface area contributed by atoms with Gasteiger partial charge in [0, 0.05) is 23.0 Å². The van der Waals surface area contributed by atoms with Crippen molar-refractivity contribution in [2.45, 2.75) is 57.0 Å². The van der Waals surface area contributed by atoms with E-state index in [1.807, 2.05) is 74.5 Å². The predicted octanol–water partition coefficient (Wildman–Crippen LogP) is 4.36. The number of para-hydroxylation sites is 1. The molecule has 0 saturated carbocycles. The topological polar surface area (TPSA) is 149 Å². The number of nitrogens with two attached hydrogens (primary N) is 1. The molecule has 3 atom stereocenters. The van der Waals surface area contributed by atoms with Crippen molar-refractivity contribution in [1.82, 2.24) is 16.0 Å². The monoisotopic (exact) mass is 646 g/mol. The summed E-state index contributed by atoms with van der Waals surface area (Å²) in [5.74, 6) is -0.370. The molecule has 0 bridgehead atoms. The van der Waals surface area contributed by atoms with Crippen molar-refractivity contribution in [3.05, 3.63) is 89.5 Å². The molecule has 1 aliphatic rings. The second kappa shape index (κ2) is 16.2. The molecule has 4 amide bonds. The van der Waals surface area contributed by atoms with Crippen LogP contribution in [0.15, 0.2) is 72.8 Å². The molecule has 3 aromatic rings. The van der Waals surface area contributed by atoms with E-state index in [1.165, 1.54) is 18.7 Å². The van der Waals surface area contributed by atoms with Gasteiger partial charge in [-0.15, -0.1) is 0 Å². The lowest BCUT2D eigenvalue weighted by Gasteiger charge is -2.24. The van der Waals surface area contributed by atoms with Crippen LogP contribution in [0, 0.1) is 5.92 Å². The lowest BCUT2D eigenvalue weighted by molar-refractivity contribution is -0.131. The highest BCUT2D eigenvalue weighted by Gasteiger charge is 2.31. The molecule has 0 aliphatic heterocycles. The highest BCUT2D eigenvalue weighted by molar-refractivity contribution is 7.98. The summed E-state index contributed by atoms with van der Waals surface area (Å²) in [5.41, 5.74) is 10.9. The van der Waals surface area contributed by atoms with Gasteiger partial charge in [-0.25, -0.2) is 4.79 Å². The summed E-state index contributed by atoms with van der Waals surface area (Å²) in [4.78, 5) is 51.4. The van der Waals surface area contributed by atoms with Crippen molar-refractivity contribution in [1.29, 1.82) is 0 Å². The highest BCUT2D eigenvalue weighted by atomic mass is 32.2. The van der Waals surface area contributed by atoms with E-state index >= 15 is 0 Å². The van der Waals surface area contributed by atoms with E-state index in [9.17, 15) is 19.2 Å². The van der Waals surface area contributed by atoms with Crippen LogP contribution >= 0.6 is 11.8 Å². The third-order valence-electron chi connectivity index (χ3n) is 7.81. The molecule has 4 rings (SSSR count). The largest absolute Gasteiger partial charge is 0.496 e. The first-order valence-electron chi connectivity index (χ1n) is 15.3. The first-order valence-corrected chi connectivity index (χ1v) is 16.5. The molecule has 5 N–H and O–H groups in total. The number of methoxy groups -OCH3 is 1. The van der Waals surface area contributed by atoms with E-state index in [4.69, 9.17) is 15.2 Å². The minimum Gasteiger partial charge on any atom is -0.496 e. The summed E-state index contributed by atoms with van der Waals surface area (Å²) in [6.07, 6.45) is -0.391. The second-order valence-corrected chi connectivity index (χ2v) is 12.7. The van der Waals surface area contributed by atoms with Gasteiger partial charge in [-0.2, -0.15) is 11.8 Å². The van der Waals surface area contributed by atoms with Gasteiger partial charge in [-0.05, 0) is 47.6 Å². The Labute approximate surface area is 274 Å². The zero-order valence-electron chi connectivity index (χ0n) is 26.6. The molecule has 11 heteroatoms. The minimum absolute atomic E-state index is 0.100. The number of ether oxygens (including phenoxy) is 2. The maximum Gasteiger partial charge on any atom is 0.407 e. The number of primary amides is 1.